The maximum Gasteiger partial charge on any atom is 0.407 e. The fraction of sp³-hybridized carbons (Fsp3) is 0.792. The monoisotopic (exact) mass is 434 g/mol. The summed E-state index contributed by atoms with van der Waals surface area (Å²) in [5, 5.41) is 3.02. The van der Waals surface area contributed by atoms with E-state index in [0.717, 1.165) is 58.2 Å². The van der Waals surface area contributed by atoms with Crippen LogP contribution in [0.5, 0.6) is 0 Å². The number of hydrogen-bond donors (Lipinski definition) is 1. The molecule has 1 saturated carbocycles. The SMILES string of the molecule is CCc1cc2c(s1)CCO[C@@]21CCN(C[C@H]2C[C@@H](NC(=O)OC(C)(C)C)C2)[C@@H](C)C1. The lowest BCUT2D eigenvalue weighted by Gasteiger charge is -2.49. The third kappa shape index (κ3) is 4.71. The molecule has 4 rings (SSSR count). The minimum Gasteiger partial charge on any atom is -0.444 e. The Labute approximate surface area is 185 Å². The molecule has 1 aromatic rings. The van der Waals surface area contributed by atoms with Crippen LogP contribution in [0.3, 0.4) is 0 Å². The number of fused-ring (bicyclic) bond motifs is 2. The largest absolute Gasteiger partial charge is 0.444 e. The predicted octanol–water partition coefficient (Wildman–Crippen LogP) is 4.87. The van der Waals surface area contributed by atoms with Gasteiger partial charge in [0.15, 0.2) is 0 Å². The highest BCUT2D eigenvalue weighted by Crippen LogP contribution is 2.46. The summed E-state index contributed by atoms with van der Waals surface area (Å²) in [6.45, 7) is 13.4. The summed E-state index contributed by atoms with van der Waals surface area (Å²) in [5.74, 6) is 0.664. The van der Waals surface area contributed by atoms with Gasteiger partial charge in [0.2, 0.25) is 0 Å². The van der Waals surface area contributed by atoms with Crippen molar-refractivity contribution in [2.75, 3.05) is 19.7 Å². The van der Waals surface area contributed by atoms with Crippen LogP contribution in [0.1, 0.15) is 75.6 Å². The van der Waals surface area contributed by atoms with Crippen LogP contribution >= 0.6 is 11.3 Å². The molecule has 6 heteroatoms. The fourth-order valence-corrected chi connectivity index (χ4v) is 6.53. The summed E-state index contributed by atoms with van der Waals surface area (Å²) in [6, 6.07) is 3.21. The summed E-state index contributed by atoms with van der Waals surface area (Å²) in [7, 11) is 0. The lowest BCUT2D eigenvalue weighted by atomic mass is 9.76. The Morgan fingerprint density at radius 3 is 2.83 bits per heavy atom. The Morgan fingerprint density at radius 1 is 1.40 bits per heavy atom. The van der Waals surface area contributed by atoms with Crippen LogP contribution in [0.25, 0.3) is 0 Å². The van der Waals surface area contributed by atoms with Crippen LogP contribution in [0.15, 0.2) is 6.07 Å². The van der Waals surface area contributed by atoms with Crippen molar-refractivity contribution >= 4 is 17.4 Å². The Bertz CT molecular complexity index is 765. The van der Waals surface area contributed by atoms with E-state index >= 15 is 0 Å². The lowest BCUT2D eigenvalue weighted by molar-refractivity contribution is -0.114. The maximum atomic E-state index is 11.9. The first-order valence-corrected chi connectivity index (χ1v) is 12.5. The molecule has 0 unspecified atom stereocenters. The Balaban J connectivity index is 1.28. The van der Waals surface area contributed by atoms with Gasteiger partial charge >= 0.3 is 6.09 Å². The number of likely N-dealkylation sites (tertiary alicyclic amines) is 1. The minimum atomic E-state index is -0.437. The van der Waals surface area contributed by atoms with Crippen molar-refractivity contribution in [1.82, 2.24) is 10.2 Å². The summed E-state index contributed by atoms with van der Waals surface area (Å²) >= 11 is 2.00. The van der Waals surface area contributed by atoms with E-state index in [1.165, 1.54) is 10.4 Å². The third-order valence-corrected chi connectivity index (χ3v) is 8.25. The molecule has 1 spiro atoms. The van der Waals surface area contributed by atoms with Gasteiger partial charge in [-0.1, -0.05) is 6.92 Å². The van der Waals surface area contributed by atoms with Gasteiger partial charge in [-0.2, -0.15) is 0 Å². The number of carbonyl (C=O) groups is 1. The first-order chi connectivity index (χ1) is 14.2. The van der Waals surface area contributed by atoms with Gasteiger partial charge < -0.3 is 19.7 Å². The van der Waals surface area contributed by atoms with E-state index in [2.05, 4.69) is 30.1 Å². The Kier molecular flexibility index (Phi) is 6.21. The number of carbonyl (C=O) groups excluding carboxylic acids is 1. The topological polar surface area (TPSA) is 50.8 Å². The molecule has 2 aliphatic heterocycles. The highest BCUT2D eigenvalue weighted by atomic mass is 32.1. The highest BCUT2D eigenvalue weighted by Gasteiger charge is 2.45. The summed E-state index contributed by atoms with van der Waals surface area (Å²) < 4.78 is 11.8. The van der Waals surface area contributed by atoms with Gasteiger partial charge in [0.05, 0.1) is 12.2 Å². The summed E-state index contributed by atoms with van der Waals surface area (Å²) in [6.07, 6.45) is 6.20. The molecule has 0 bridgehead atoms. The highest BCUT2D eigenvalue weighted by molar-refractivity contribution is 7.12. The van der Waals surface area contributed by atoms with Crippen molar-refractivity contribution in [3.63, 3.8) is 0 Å². The number of amides is 1. The Morgan fingerprint density at radius 2 is 2.17 bits per heavy atom. The van der Waals surface area contributed by atoms with E-state index in [4.69, 9.17) is 9.47 Å². The molecule has 0 radical (unpaired) electrons. The summed E-state index contributed by atoms with van der Waals surface area (Å²) in [4.78, 5) is 17.7. The van der Waals surface area contributed by atoms with Crippen LogP contribution in [0.4, 0.5) is 4.79 Å². The number of thiophene rings is 1. The van der Waals surface area contributed by atoms with Crippen LogP contribution in [-0.4, -0.2) is 48.4 Å². The fourth-order valence-electron chi connectivity index (χ4n) is 5.35. The predicted molar refractivity (Wildman–Crippen MR) is 121 cm³/mol. The molecule has 1 amide bonds. The standard InChI is InChI=1S/C24H38N2O3S/c1-6-19-13-20-21(30-19)7-10-28-24(20)8-9-26(16(2)14-24)15-17-11-18(12-17)25-22(27)29-23(3,4)5/h13,16-18H,6-12,14-15H2,1-5H3,(H,25,27)/t16-,17-,18+,24+/m0/s1. The zero-order chi connectivity index (χ0) is 21.5. The first kappa shape index (κ1) is 22.1. The molecule has 168 valence electrons. The molecule has 5 nitrogen and oxygen atoms in total. The van der Waals surface area contributed by atoms with Crippen molar-refractivity contribution < 1.29 is 14.3 Å². The average Bonchev–Trinajstić information content (AvgIpc) is 3.05. The van der Waals surface area contributed by atoms with E-state index in [1.54, 1.807) is 4.88 Å². The van der Waals surface area contributed by atoms with E-state index < -0.39 is 5.60 Å². The van der Waals surface area contributed by atoms with Crippen molar-refractivity contribution in [2.24, 2.45) is 5.92 Å². The van der Waals surface area contributed by atoms with Crippen LogP contribution < -0.4 is 5.32 Å². The molecule has 3 aliphatic rings. The molecule has 1 aliphatic carbocycles. The second-order valence-corrected chi connectivity index (χ2v) is 11.7. The number of piperidine rings is 1. The van der Waals surface area contributed by atoms with Gasteiger partial charge in [-0.25, -0.2) is 4.79 Å². The van der Waals surface area contributed by atoms with Crippen LogP contribution in [0.2, 0.25) is 0 Å². The Hall–Kier alpha value is -1.11. The van der Waals surface area contributed by atoms with Crippen molar-refractivity contribution in [3.8, 4) is 0 Å². The number of nitrogens with zero attached hydrogens (tertiary/aromatic N) is 1. The molecule has 1 saturated heterocycles. The first-order valence-electron chi connectivity index (χ1n) is 11.7. The van der Waals surface area contributed by atoms with Gasteiger partial charge in [0.1, 0.15) is 5.60 Å². The average molecular weight is 435 g/mol. The molecular formula is C24H38N2O3S. The van der Waals surface area contributed by atoms with E-state index in [0.29, 0.717) is 12.0 Å². The minimum absolute atomic E-state index is 0.0617. The van der Waals surface area contributed by atoms with E-state index in [9.17, 15) is 4.79 Å². The maximum absolute atomic E-state index is 11.9. The van der Waals surface area contributed by atoms with Crippen LogP contribution in [-0.2, 0) is 27.9 Å². The molecule has 2 atom stereocenters. The smallest absolute Gasteiger partial charge is 0.407 e. The lowest BCUT2D eigenvalue weighted by Crippen LogP contribution is -2.54. The third-order valence-electron chi connectivity index (χ3n) is 6.91. The van der Waals surface area contributed by atoms with Gasteiger partial charge in [-0.15, -0.1) is 11.3 Å². The van der Waals surface area contributed by atoms with Crippen molar-refractivity contribution in [3.05, 3.63) is 21.4 Å². The number of ether oxygens (including phenoxy) is 2. The molecule has 30 heavy (non-hydrogen) atoms. The number of hydrogen-bond acceptors (Lipinski definition) is 5. The quantitative estimate of drug-likeness (QED) is 0.735. The second-order valence-electron chi connectivity index (χ2n) is 10.5. The summed E-state index contributed by atoms with van der Waals surface area (Å²) in [5.41, 5.74) is 0.995. The number of alkyl carbamates (subject to hydrolysis) is 1. The van der Waals surface area contributed by atoms with Crippen molar-refractivity contribution in [1.29, 1.82) is 0 Å². The van der Waals surface area contributed by atoms with E-state index in [-0.39, 0.29) is 17.7 Å². The molecule has 3 heterocycles. The van der Waals surface area contributed by atoms with Gasteiger partial charge in [-0.3, -0.25) is 0 Å². The van der Waals surface area contributed by atoms with Crippen LogP contribution in [0, 0.1) is 5.92 Å². The second kappa shape index (κ2) is 8.44. The van der Waals surface area contributed by atoms with E-state index in [1.807, 2.05) is 32.1 Å². The molecule has 1 N–H and O–H groups in total. The molecular weight excluding hydrogens is 396 g/mol. The molecule has 1 aromatic heterocycles. The zero-order valence-electron chi connectivity index (χ0n) is 19.3. The van der Waals surface area contributed by atoms with Crippen molar-refractivity contribution in [2.45, 2.75) is 96.4 Å². The number of nitrogens with one attached hydrogen (secondary N) is 1. The van der Waals surface area contributed by atoms with Gasteiger partial charge in [0.25, 0.3) is 0 Å². The zero-order valence-corrected chi connectivity index (χ0v) is 20.1. The number of aryl methyl sites for hydroxylation is 1. The van der Waals surface area contributed by atoms with Gasteiger partial charge in [-0.05, 0) is 77.3 Å². The van der Waals surface area contributed by atoms with Gasteiger partial charge in [0, 0.05) is 41.3 Å². The molecule has 2 fully saturated rings. The normalized spacial score (nSPS) is 31.8. The molecule has 0 aromatic carbocycles. The number of rotatable bonds is 4.